The number of aromatic nitrogens is 3. The number of nitrogens with zero attached hydrogens (tertiary/aromatic N) is 3. The van der Waals surface area contributed by atoms with Gasteiger partial charge in [0.25, 0.3) is 10.0 Å². The summed E-state index contributed by atoms with van der Waals surface area (Å²) in [6, 6.07) is 3.01. The van der Waals surface area contributed by atoms with Crippen LogP contribution in [0, 0.1) is 0 Å². The van der Waals surface area contributed by atoms with Crippen molar-refractivity contribution in [2.45, 2.75) is 24.8 Å². The van der Waals surface area contributed by atoms with Gasteiger partial charge in [-0.05, 0) is 26.0 Å². The third-order valence-electron chi connectivity index (χ3n) is 2.68. The van der Waals surface area contributed by atoms with E-state index in [1.807, 2.05) is 13.8 Å². The topological polar surface area (TPSA) is 103 Å². The van der Waals surface area contributed by atoms with Crippen molar-refractivity contribution in [1.29, 1.82) is 0 Å². The second kappa shape index (κ2) is 5.78. The Labute approximate surface area is 128 Å². The molecule has 0 spiro atoms. The van der Waals surface area contributed by atoms with E-state index in [2.05, 4.69) is 14.8 Å². The molecule has 0 aromatic carbocycles. The largest absolute Gasteiger partial charge is 0.388 e. The fourth-order valence-electron chi connectivity index (χ4n) is 1.57. The molecule has 2 heterocycles. The van der Waals surface area contributed by atoms with Crippen LogP contribution in [0.2, 0.25) is 0 Å². The van der Waals surface area contributed by atoms with Gasteiger partial charge in [-0.25, -0.2) is 8.42 Å². The minimum atomic E-state index is -3.72. The van der Waals surface area contributed by atoms with E-state index < -0.39 is 10.0 Å². The molecule has 0 aliphatic rings. The predicted molar refractivity (Wildman–Crippen MR) is 83.5 cm³/mol. The van der Waals surface area contributed by atoms with Gasteiger partial charge in [0, 0.05) is 18.4 Å². The summed E-state index contributed by atoms with van der Waals surface area (Å²) < 4.78 is 28.5. The van der Waals surface area contributed by atoms with E-state index in [1.54, 1.807) is 10.9 Å². The lowest BCUT2D eigenvalue weighted by Gasteiger charge is -2.06. The third-order valence-corrected chi connectivity index (χ3v) is 4.26. The zero-order chi connectivity index (χ0) is 15.6. The van der Waals surface area contributed by atoms with Gasteiger partial charge in [0.2, 0.25) is 0 Å². The molecule has 21 heavy (non-hydrogen) atoms. The molecule has 0 unspecified atom stereocenters. The number of nitrogens with one attached hydrogen (secondary N) is 1. The fourth-order valence-corrected chi connectivity index (χ4v) is 2.67. The number of rotatable bonds is 5. The van der Waals surface area contributed by atoms with Gasteiger partial charge in [-0.15, -0.1) is 0 Å². The maximum Gasteiger partial charge on any atom is 0.263 e. The van der Waals surface area contributed by atoms with Gasteiger partial charge in [0.1, 0.15) is 9.88 Å². The quantitative estimate of drug-likeness (QED) is 0.803. The highest BCUT2D eigenvalue weighted by Crippen LogP contribution is 2.16. The molecule has 0 radical (unpaired) electrons. The molecule has 0 aliphatic heterocycles. The number of thiocarbonyl (C=S) groups is 1. The second-order valence-corrected chi connectivity index (χ2v) is 6.77. The molecular weight excluding hydrogens is 310 g/mol. The summed E-state index contributed by atoms with van der Waals surface area (Å²) in [5.74, 6) is 0. The average molecular weight is 325 g/mol. The Morgan fingerprint density at radius 3 is 2.57 bits per heavy atom. The Bertz CT molecular complexity index is 750. The third kappa shape index (κ3) is 3.56. The summed E-state index contributed by atoms with van der Waals surface area (Å²) >= 11 is 4.77. The number of nitrogens with two attached hydrogens (primary N) is 1. The van der Waals surface area contributed by atoms with Gasteiger partial charge >= 0.3 is 0 Å². The van der Waals surface area contributed by atoms with E-state index in [0.717, 1.165) is 0 Å². The smallest absolute Gasteiger partial charge is 0.263 e. The van der Waals surface area contributed by atoms with E-state index in [1.165, 1.54) is 24.5 Å². The molecule has 0 saturated heterocycles. The monoisotopic (exact) mass is 325 g/mol. The van der Waals surface area contributed by atoms with Crippen LogP contribution in [0.25, 0.3) is 0 Å². The van der Waals surface area contributed by atoms with E-state index in [4.69, 9.17) is 18.0 Å². The van der Waals surface area contributed by atoms with Crippen LogP contribution in [0.5, 0.6) is 0 Å². The second-order valence-electron chi connectivity index (χ2n) is 4.65. The standard InChI is InChI=1S/C12H15N5O2S2/c1-8(2)17-7-9(5-15-17)16-21(18,19)10-3-4-11(12(13)20)14-6-10/h3-8,16H,1-2H3,(H2,13,20). The van der Waals surface area contributed by atoms with Crippen molar-refractivity contribution < 1.29 is 8.42 Å². The maximum atomic E-state index is 12.2. The van der Waals surface area contributed by atoms with Crippen LogP contribution >= 0.6 is 12.2 Å². The van der Waals surface area contributed by atoms with Crippen molar-refractivity contribution in [1.82, 2.24) is 14.8 Å². The van der Waals surface area contributed by atoms with Crippen LogP contribution < -0.4 is 10.5 Å². The van der Waals surface area contributed by atoms with E-state index in [9.17, 15) is 8.42 Å². The first-order valence-electron chi connectivity index (χ1n) is 6.12. The SMILES string of the molecule is CC(C)n1cc(NS(=O)(=O)c2ccc(C(N)=S)nc2)cn1. The lowest BCUT2D eigenvalue weighted by Crippen LogP contribution is -2.15. The summed E-state index contributed by atoms with van der Waals surface area (Å²) in [5, 5.41) is 4.07. The summed E-state index contributed by atoms with van der Waals surface area (Å²) in [6.45, 7) is 3.90. The molecule has 0 fully saturated rings. The van der Waals surface area contributed by atoms with Crippen molar-refractivity contribution in [3.63, 3.8) is 0 Å². The highest BCUT2D eigenvalue weighted by atomic mass is 32.2. The van der Waals surface area contributed by atoms with Crippen LogP contribution in [-0.4, -0.2) is 28.2 Å². The summed E-state index contributed by atoms with van der Waals surface area (Å²) in [7, 11) is -3.72. The molecule has 112 valence electrons. The van der Waals surface area contributed by atoms with Gasteiger partial charge in [0.05, 0.1) is 17.6 Å². The number of pyridine rings is 1. The summed E-state index contributed by atoms with van der Waals surface area (Å²) in [5.41, 5.74) is 6.18. The highest BCUT2D eigenvalue weighted by molar-refractivity contribution is 7.92. The highest BCUT2D eigenvalue weighted by Gasteiger charge is 2.16. The van der Waals surface area contributed by atoms with Crippen molar-refractivity contribution >= 4 is 32.9 Å². The fraction of sp³-hybridized carbons (Fsp3) is 0.250. The number of anilines is 1. The minimum Gasteiger partial charge on any atom is -0.388 e. The Hall–Kier alpha value is -2.00. The number of sulfonamides is 1. The van der Waals surface area contributed by atoms with Gasteiger partial charge in [0.15, 0.2) is 0 Å². The van der Waals surface area contributed by atoms with E-state index >= 15 is 0 Å². The molecule has 0 saturated carbocycles. The number of hydrogen-bond acceptors (Lipinski definition) is 5. The molecule has 0 aliphatic carbocycles. The maximum absolute atomic E-state index is 12.2. The molecule has 7 nitrogen and oxygen atoms in total. The molecule has 3 N–H and O–H groups in total. The Kier molecular flexibility index (Phi) is 4.24. The molecule has 0 amide bonds. The first kappa shape index (κ1) is 15.4. The first-order chi connectivity index (χ1) is 9.79. The molecule has 2 aromatic rings. The molecule has 2 aromatic heterocycles. The van der Waals surface area contributed by atoms with Crippen LogP contribution in [0.4, 0.5) is 5.69 Å². The Balaban J connectivity index is 2.22. The van der Waals surface area contributed by atoms with Crippen molar-refractivity contribution in [2.24, 2.45) is 5.73 Å². The Morgan fingerprint density at radius 2 is 2.10 bits per heavy atom. The van der Waals surface area contributed by atoms with Gasteiger partial charge in [-0.2, -0.15) is 5.10 Å². The van der Waals surface area contributed by atoms with Gasteiger partial charge in [-0.3, -0.25) is 14.4 Å². The minimum absolute atomic E-state index is 0.0276. The van der Waals surface area contributed by atoms with E-state index in [0.29, 0.717) is 11.4 Å². The normalized spacial score (nSPS) is 11.6. The predicted octanol–water partition coefficient (Wildman–Crippen LogP) is 1.29. The molecule has 0 bridgehead atoms. The zero-order valence-electron chi connectivity index (χ0n) is 11.5. The molecule has 0 atom stereocenters. The summed E-state index contributed by atoms with van der Waals surface area (Å²) in [6.07, 6.45) is 4.29. The van der Waals surface area contributed by atoms with Crippen molar-refractivity contribution in [2.75, 3.05) is 4.72 Å². The van der Waals surface area contributed by atoms with Crippen LogP contribution in [-0.2, 0) is 10.0 Å². The molecular formula is C12H15N5O2S2. The lowest BCUT2D eigenvalue weighted by molar-refractivity contribution is 0.532. The van der Waals surface area contributed by atoms with Gasteiger partial charge < -0.3 is 5.73 Å². The van der Waals surface area contributed by atoms with Crippen LogP contribution in [0.3, 0.4) is 0 Å². The van der Waals surface area contributed by atoms with Gasteiger partial charge in [-0.1, -0.05) is 12.2 Å². The Morgan fingerprint density at radius 1 is 1.38 bits per heavy atom. The van der Waals surface area contributed by atoms with Crippen molar-refractivity contribution in [3.8, 4) is 0 Å². The molecule has 2 rings (SSSR count). The zero-order valence-corrected chi connectivity index (χ0v) is 13.1. The number of hydrogen-bond donors (Lipinski definition) is 2. The molecule has 9 heteroatoms. The van der Waals surface area contributed by atoms with Crippen LogP contribution in [0.15, 0.2) is 35.6 Å². The summed E-state index contributed by atoms with van der Waals surface area (Å²) in [4.78, 5) is 4.06. The van der Waals surface area contributed by atoms with Crippen molar-refractivity contribution in [3.05, 3.63) is 36.4 Å². The lowest BCUT2D eigenvalue weighted by atomic mass is 10.3. The first-order valence-corrected chi connectivity index (χ1v) is 8.01. The van der Waals surface area contributed by atoms with E-state index in [-0.39, 0.29) is 15.9 Å². The van der Waals surface area contributed by atoms with Crippen LogP contribution in [0.1, 0.15) is 25.6 Å². The average Bonchev–Trinajstić information content (AvgIpc) is 2.87.